The molecule has 4 aliphatic rings. The lowest BCUT2D eigenvalue weighted by molar-refractivity contribution is 0.452. The van der Waals surface area contributed by atoms with Crippen LogP contribution in [-0.2, 0) is 0 Å². The third-order valence-electron chi connectivity index (χ3n) is 14.9. The highest BCUT2D eigenvalue weighted by atomic mass is 16.5. The molecule has 15 rings (SSSR count). The summed E-state index contributed by atoms with van der Waals surface area (Å²) in [4.78, 5) is 9.87. The van der Waals surface area contributed by atoms with Crippen LogP contribution in [0.5, 0.6) is 46.3 Å². The smallest absolute Gasteiger partial charge is 0.262 e. The quantitative estimate of drug-likeness (QED) is 0.151. The predicted octanol–water partition coefficient (Wildman–Crippen LogP) is 9.80. The fourth-order valence-electron chi connectivity index (χ4n) is 11.6. The van der Waals surface area contributed by atoms with Crippen LogP contribution < -0.4 is 51.7 Å². The molecule has 13 heteroatoms. The van der Waals surface area contributed by atoms with Gasteiger partial charge in [-0.15, -0.1) is 0 Å². The number of fused-ring (bicyclic) bond motifs is 8. The molecule has 0 saturated carbocycles. The fourth-order valence-corrected chi connectivity index (χ4v) is 11.6. The van der Waals surface area contributed by atoms with Gasteiger partial charge in [-0.25, -0.2) is 19.3 Å². The van der Waals surface area contributed by atoms with Crippen molar-refractivity contribution >= 4 is 46.2 Å². The van der Waals surface area contributed by atoms with Gasteiger partial charge in [0.1, 0.15) is 40.3 Å². The highest BCUT2D eigenvalue weighted by molar-refractivity contribution is 6.99. The maximum atomic E-state index is 6.63. The third kappa shape index (κ3) is 6.27. The van der Waals surface area contributed by atoms with Gasteiger partial charge < -0.3 is 23.4 Å². The van der Waals surface area contributed by atoms with Crippen molar-refractivity contribution in [1.82, 2.24) is 29.5 Å². The molecule has 346 valence electrons. The lowest BCUT2D eigenvalue weighted by Crippen LogP contribution is -2.57. The zero-order valence-electron chi connectivity index (χ0n) is 40.0. The Morgan fingerprint density at radius 2 is 0.863 bits per heavy atom. The van der Waals surface area contributed by atoms with Crippen molar-refractivity contribution in [3.05, 3.63) is 193 Å². The van der Waals surface area contributed by atoms with Gasteiger partial charge in [-0.05, 0) is 127 Å². The van der Waals surface area contributed by atoms with Crippen LogP contribution in [0.25, 0.3) is 56.1 Å². The van der Waals surface area contributed by atoms with Gasteiger partial charge in [0.2, 0.25) is 11.8 Å². The van der Waals surface area contributed by atoms with E-state index >= 15 is 0 Å². The molecular weight excluding hydrogens is 906 g/mol. The molecule has 0 spiro atoms. The molecule has 0 bridgehead atoms. The monoisotopic (exact) mass is 946 g/mol. The molecule has 6 aromatic carbocycles. The predicted molar refractivity (Wildman–Crippen MR) is 285 cm³/mol. The number of ether oxygens (including phenoxy) is 4. The second-order valence-electron chi connectivity index (χ2n) is 19.1. The normalized spacial score (nSPS) is 13.0. The molecule has 0 saturated heterocycles. The Hall–Kier alpha value is -9.35. The average molecular weight is 947 g/mol. The van der Waals surface area contributed by atoms with Crippen LogP contribution in [0.3, 0.4) is 0 Å². The van der Waals surface area contributed by atoms with E-state index in [1.54, 1.807) is 0 Å². The summed E-state index contributed by atoms with van der Waals surface area (Å²) >= 11 is 0. The van der Waals surface area contributed by atoms with Gasteiger partial charge in [0, 0.05) is 44.6 Å². The highest BCUT2D eigenvalue weighted by Crippen LogP contribution is 2.39. The molecule has 0 fully saturated rings. The molecule has 0 amide bonds. The Morgan fingerprint density at radius 3 is 1.37 bits per heavy atom. The Bertz CT molecular complexity index is 3840. The van der Waals surface area contributed by atoms with E-state index in [2.05, 4.69) is 125 Å². The maximum absolute atomic E-state index is 6.63. The number of hydrogen-bond acceptors (Lipinski definition) is 9. The summed E-state index contributed by atoms with van der Waals surface area (Å²) in [5.74, 6) is 6.33. The van der Waals surface area contributed by atoms with Crippen molar-refractivity contribution in [3.63, 3.8) is 0 Å². The van der Waals surface area contributed by atoms with Crippen molar-refractivity contribution in [3.8, 4) is 102 Å². The number of nitrogens with zero attached hydrogens (tertiary/aromatic N) is 6. The van der Waals surface area contributed by atoms with Gasteiger partial charge in [-0.1, -0.05) is 91.0 Å². The summed E-state index contributed by atoms with van der Waals surface area (Å²) in [6.07, 6.45) is 5.51. The minimum absolute atomic E-state index is 0.221. The van der Waals surface area contributed by atoms with Gasteiger partial charge in [0.05, 0.1) is 41.4 Å². The van der Waals surface area contributed by atoms with E-state index in [-0.39, 0.29) is 13.4 Å². The molecule has 0 unspecified atom stereocenters. The van der Waals surface area contributed by atoms with Gasteiger partial charge in [-0.2, -0.15) is 10.2 Å². The first-order chi connectivity index (χ1) is 35.8. The van der Waals surface area contributed by atoms with Crippen molar-refractivity contribution in [2.24, 2.45) is 0 Å². The molecule has 0 aliphatic carbocycles. The fraction of sp³-hybridized carbons (Fsp3) is 0.0667. The summed E-state index contributed by atoms with van der Waals surface area (Å²) in [5, 5.41) is 10.1. The van der Waals surface area contributed by atoms with E-state index in [9.17, 15) is 0 Å². The zero-order valence-corrected chi connectivity index (χ0v) is 40.0. The molecule has 4 aliphatic heterocycles. The third-order valence-corrected chi connectivity index (χ3v) is 14.9. The summed E-state index contributed by atoms with van der Waals surface area (Å²) in [6.45, 7) is 7.87. The van der Waals surface area contributed by atoms with Crippen LogP contribution in [-0.4, -0.2) is 43.0 Å². The van der Waals surface area contributed by atoms with Crippen LogP contribution >= 0.6 is 0 Å². The van der Waals surface area contributed by atoms with Crippen molar-refractivity contribution in [2.45, 2.75) is 27.7 Å². The van der Waals surface area contributed by atoms with E-state index in [4.69, 9.17) is 43.5 Å². The van der Waals surface area contributed by atoms with Gasteiger partial charge >= 0.3 is 0 Å². The van der Waals surface area contributed by atoms with Crippen LogP contribution in [0.2, 0.25) is 0 Å². The number of furan rings is 1. The topological polar surface area (TPSA) is 111 Å². The molecule has 0 atom stereocenters. The van der Waals surface area contributed by atoms with Gasteiger partial charge in [-0.3, -0.25) is 0 Å². The molecule has 0 N–H and O–H groups in total. The van der Waals surface area contributed by atoms with Crippen LogP contribution in [0.1, 0.15) is 22.8 Å². The number of pyridine rings is 2. The first-order valence-electron chi connectivity index (χ1n) is 24.4. The van der Waals surface area contributed by atoms with E-state index in [0.29, 0.717) is 11.8 Å². The van der Waals surface area contributed by atoms with Crippen molar-refractivity contribution in [1.29, 1.82) is 0 Å². The molecule has 9 heterocycles. The molecule has 11 aromatic rings. The summed E-state index contributed by atoms with van der Waals surface area (Å²) in [6, 6.07) is 51.7. The van der Waals surface area contributed by atoms with Gasteiger partial charge in [0.25, 0.3) is 13.4 Å². The first-order valence-corrected chi connectivity index (χ1v) is 24.4. The Morgan fingerprint density at radius 1 is 0.397 bits per heavy atom. The standard InChI is InChI=1S/C60H40B2N6O5/c1-33-55(37-13-7-5-8-14-37)35(3)67(65-33)42-28-46-59(63-30-42)72-52-19-11-17-50-57(52)61(46)44-25-39(21-23-48(44)70-50)41-27-54(69-32-41)40-22-24-49-45(26-40)62-47-29-43(31-64-60(47)73-53-20-12-18-51(71-49)58(53)62)68-36(4)56(34(2)66-68)38-15-9-6-10-16-38/h5-32H,1-4H3. The Balaban J connectivity index is 0.797. The number of aromatic nitrogens is 6. The minimum atomic E-state index is -0.232. The lowest BCUT2D eigenvalue weighted by atomic mass is 9.35. The second kappa shape index (κ2) is 15.6. The molecule has 5 aromatic heterocycles. The second-order valence-corrected chi connectivity index (χ2v) is 19.1. The first kappa shape index (κ1) is 41.4. The van der Waals surface area contributed by atoms with E-state index in [1.165, 1.54) is 0 Å². The number of aryl methyl sites for hydroxylation is 2. The van der Waals surface area contributed by atoms with Crippen molar-refractivity contribution < 1.29 is 23.4 Å². The van der Waals surface area contributed by atoms with Crippen LogP contribution in [0.4, 0.5) is 0 Å². The van der Waals surface area contributed by atoms with E-state index < -0.39 is 0 Å². The molecule has 11 nitrogen and oxygen atoms in total. The molecule has 0 radical (unpaired) electrons. The number of rotatable bonds is 6. The SMILES string of the molecule is Cc1nn(-c2cnc3c(c2)B2c4cc(-c5coc(-c6ccc7c(c6)B6c8cc(-n9nc(C)c(-c%10ccccc%10)c9C)cnc8Oc8cccc(c86)O7)c5)ccc4Oc4cccc(c42)O3)c(C)c1-c1ccccc1. The van der Waals surface area contributed by atoms with Crippen molar-refractivity contribution in [2.75, 3.05) is 0 Å². The Labute approximate surface area is 420 Å². The largest absolute Gasteiger partial charge is 0.464 e. The molecule has 73 heavy (non-hydrogen) atoms. The highest BCUT2D eigenvalue weighted by Gasteiger charge is 2.43. The maximum Gasteiger partial charge on any atom is 0.262 e. The summed E-state index contributed by atoms with van der Waals surface area (Å²) in [7, 11) is 0. The van der Waals surface area contributed by atoms with E-state index in [0.717, 1.165) is 146 Å². The molecular formula is C60H40B2N6O5. The Kier molecular flexibility index (Phi) is 8.84. The summed E-state index contributed by atoms with van der Waals surface area (Å²) < 4.78 is 36.8. The minimum Gasteiger partial charge on any atom is -0.464 e. The average Bonchev–Trinajstić information content (AvgIpc) is 4.13. The van der Waals surface area contributed by atoms with E-state index in [1.807, 2.05) is 82.6 Å². The van der Waals surface area contributed by atoms with Crippen LogP contribution in [0, 0.1) is 27.7 Å². The lowest BCUT2D eigenvalue weighted by Gasteiger charge is -2.32. The van der Waals surface area contributed by atoms with Crippen LogP contribution in [0.15, 0.2) is 175 Å². The zero-order chi connectivity index (χ0) is 48.6. The summed E-state index contributed by atoms with van der Waals surface area (Å²) in [5.41, 5.74) is 18.7. The number of hydrogen-bond donors (Lipinski definition) is 0. The van der Waals surface area contributed by atoms with Gasteiger partial charge in [0.15, 0.2) is 0 Å². The number of benzene rings is 6.